The summed E-state index contributed by atoms with van der Waals surface area (Å²) in [6.45, 7) is 3.23. The van der Waals surface area contributed by atoms with Crippen LogP contribution in [0.3, 0.4) is 0 Å². The molecule has 0 saturated carbocycles. The Bertz CT molecular complexity index is 477. The molecule has 1 aromatic carbocycles. The molecular formula is C11H16O4S. The zero-order valence-electron chi connectivity index (χ0n) is 9.65. The molecule has 4 nitrogen and oxygen atoms in total. The van der Waals surface area contributed by atoms with Gasteiger partial charge in [-0.25, -0.2) is 8.42 Å². The van der Waals surface area contributed by atoms with Crippen LogP contribution in [0.1, 0.15) is 11.1 Å². The molecule has 16 heavy (non-hydrogen) atoms. The molecule has 0 atom stereocenters. The topological polar surface area (TPSA) is 63.6 Å². The molecule has 0 aliphatic rings. The molecule has 90 valence electrons. The van der Waals surface area contributed by atoms with E-state index in [9.17, 15) is 8.42 Å². The summed E-state index contributed by atoms with van der Waals surface area (Å²) < 4.78 is 28.9. The van der Waals surface area contributed by atoms with Crippen LogP contribution in [0.5, 0.6) is 5.75 Å². The van der Waals surface area contributed by atoms with Crippen LogP contribution < -0.4 is 4.74 Å². The number of rotatable bonds is 4. The van der Waals surface area contributed by atoms with Gasteiger partial charge in [-0.2, -0.15) is 0 Å². The first kappa shape index (κ1) is 13.0. The predicted molar refractivity (Wildman–Crippen MR) is 61.6 cm³/mol. The van der Waals surface area contributed by atoms with Gasteiger partial charge in [-0.15, -0.1) is 0 Å². The van der Waals surface area contributed by atoms with Gasteiger partial charge in [-0.1, -0.05) is 6.07 Å². The Morgan fingerprint density at radius 1 is 1.31 bits per heavy atom. The van der Waals surface area contributed by atoms with Crippen LogP contribution in [-0.2, 0) is 9.84 Å². The largest absolute Gasteiger partial charge is 0.495 e. The summed E-state index contributed by atoms with van der Waals surface area (Å²) in [5.41, 5.74) is 1.63. The Morgan fingerprint density at radius 2 is 1.94 bits per heavy atom. The molecule has 0 aromatic heterocycles. The van der Waals surface area contributed by atoms with E-state index in [1.807, 2.05) is 13.0 Å². The SMILES string of the molecule is COc1c(C)cc(C)cc1S(=O)(=O)CCO. The Hall–Kier alpha value is -1.07. The maximum atomic E-state index is 11.9. The molecule has 1 N–H and O–H groups in total. The van der Waals surface area contributed by atoms with Crippen LogP contribution in [0.15, 0.2) is 17.0 Å². The zero-order valence-corrected chi connectivity index (χ0v) is 10.5. The molecule has 0 aliphatic carbocycles. The number of benzene rings is 1. The van der Waals surface area contributed by atoms with Crippen molar-refractivity contribution in [3.8, 4) is 5.75 Å². The molecule has 5 heteroatoms. The quantitative estimate of drug-likeness (QED) is 0.860. The van der Waals surface area contributed by atoms with E-state index in [0.29, 0.717) is 5.75 Å². The van der Waals surface area contributed by atoms with Crippen LogP contribution >= 0.6 is 0 Å². The summed E-state index contributed by atoms with van der Waals surface area (Å²) in [6, 6.07) is 3.42. The lowest BCUT2D eigenvalue weighted by atomic mass is 10.1. The van der Waals surface area contributed by atoms with Gasteiger partial charge in [0.2, 0.25) is 0 Å². The fourth-order valence-corrected chi connectivity index (χ4v) is 2.99. The molecular weight excluding hydrogens is 228 g/mol. The molecule has 0 aliphatic heterocycles. The number of methoxy groups -OCH3 is 1. The summed E-state index contributed by atoms with van der Waals surface area (Å²) >= 11 is 0. The predicted octanol–water partition coefficient (Wildman–Crippen LogP) is 1.08. The monoisotopic (exact) mass is 244 g/mol. The number of aryl methyl sites for hydroxylation is 2. The fraction of sp³-hybridized carbons (Fsp3) is 0.455. The fourth-order valence-electron chi connectivity index (χ4n) is 1.64. The van der Waals surface area contributed by atoms with Gasteiger partial charge in [0.1, 0.15) is 10.6 Å². The second kappa shape index (κ2) is 4.84. The van der Waals surface area contributed by atoms with Gasteiger partial charge in [0.05, 0.1) is 19.5 Å². The first-order valence-corrected chi connectivity index (χ1v) is 6.56. The highest BCUT2D eigenvalue weighted by Crippen LogP contribution is 2.29. The molecule has 0 bridgehead atoms. The van der Waals surface area contributed by atoms with Crippen molar-refractivity contribution in [1.82, 2.24) is 0 Å². The van der Waals surface area contributed by atoms with E-state index in [1.165, 1.54) is 7.11 Å². The summed E-state index contributed by atoms with van der Waals surface area (Å²) in [7, 11) is -2.03. The summed E-state index contributed by atoms with van der Waals surface area (Å²) in [5.74, 6) is 0.0748. The molecule has 1 rings (SSSR count). The second-order valence-corrected chi connectivity index (χ2v) is 5.73. The number of aliphatic hydroxyl groups excluding tert-OH is 1. The lowest BCUT2D eigenvalue weighted by Gasteiger charge is -2.12. The molecule has 0 unspecified atom stereocenters. The standard InChI is InChI=1S/C11H16O4S/c1-8-6-9(2)11(15-3)10(7-8)16(13,14)5-4-12/h6-7,12H,4-5H2,1-3H3. The minimum atomic E-state index is -3.47. The van der Waals surface area contributed by atoms with E-state index in [0.717, 1.165) is 11.1 Å². The third-order valence-electron chi connectivity index (χ3n) is 2.28. The summed E-state index contributed by atoms with van der Waals surface area (Å²) in [5, 5.41) is 8.75. The maximum absolute atomic E-state index is 11.9. The van der Waals surface area contributed by atoms with Crippen molar-refractivity contribution < 1.29 is 18.3 Å². The zero-order chi connectivity index (χ0) is 12.3. The Balaban J connectivity index is 3.43. The van der Waals surface area contributed by atoms with Crippen LogP contribution in [-0.4, -0.2) is 33.0 Å². The van der Waals surface area contributed by atoms with Crippen molar-refractivity contribution in [2.75, 3.05) is 19.5 Å². The van der Waals surface area contributed by atoms with E-state index >= 15 is 0 Å². The van der Waals surface area contributed by atoms with Crippen molar-refractivity contribution in [2.45, 2.75) is 18.7 Å². The lowest BCUT2D eigenvalue weighted by molar-refractivity contribution is 0.319. The molecule has 1 aromatic rings. The molecule has 0 fully saturated rings. The van der Waals surface area contributed by atoms with Gasteiger partial charge in [0.25, 0.3) is 0 Å². The van der Waals surface area contributed by atoms with Crippen LogP contribution in [0.2, 0.25) is 0 Å². The lowest BCUT2D eigenvalue weighted by Crippen LogP contribution is -2.12. The van der Waals surface area contributed by atoms with Crippen molar-refractivity contribution in [3.05, 3.63) is 23.3 Å². The molecule has 0 radical (unpaired) electrons. The first-order chi connectivity index (χ1) is 7.42. The van der Waals surface area contributed by atoms with Crippen molar-refractivity contribution in [1.29, 1.82) is 0 Å². The van der Waals surface area contributed by atoms with Gasteiger partial charge in [-0.3, -0.25) is 0 Å². The number of ether oxygens (including phenoxy) is 1. The van der Waals surface area contributed by atoms with E-state index in [2.05, 4.69) is 0 Å². The Kier molecular flexibility index (Phi) is 3.93. The minimum Gasteiger partial charge on any atom is -0.495 e. The Labute approximate surface area is 95.8 Å². The smallest absolute Gasteiger partial charge is 0.184 e. The maximum Gasteiger partial charge on any atom is 0.184 e. The average molecular weight is 244 g/mol. The number of hydrogen-bond acceptors (Lipinski definition) is 4. The van der Waals surface area contributed by atoms with Crippen molar-refractivity contribution >= 4 is 9.84 Å². The van der Waals surface area contributed by atoms with Crippen LogP contribution in [0.4, 0.5) is 0 Å². The number of sulfone groups is 1. The average Bonchev–Trinajstić information content (AvgIpc) is 2.16. The highest BCUT2D eigenvalue weighted by Gasteiger charge is 2.20. The van der Waals surface area contributed by atoms with Crippen molar-refractivity contribution in [3.63, 3.8) is 0 Å². The molecule has 0 amide bonds. The molecule has 0 heterocycles. The highest BCUT2D eigenvalue weighted by molar-refractivity contribution is 7.91. The summed E-state index contributed by atoms with van der Waals surface area (Å²) in [4.78, 5) is 0.154. The van der Waals surface area contributed by atoms with Crippen molar-refractivity contribution in [2.24, 2.45) is 0 Å². The number of aliphatic hydroxyl groups is 1. The van der Waals surface area contributed by atoms with E-state index in [1.54, 1.807) is 13.0 Å². The van der Waals surface area contributed by atoms with Gasteiger partial charge < -0.3 is 9.84 Å². The van der Waals surface area contributed by atoms with Gasteiger partial charge in [-0.05, 0) is 31.0 Å². The normalized spacial score (nSPS) is 11.5. The Morgan fingerprint density at radius 3 is 2.44 bits per heavy atom. The van der Waals surface area contributed by atoms with Crippen LogP contribution in [0, 0.1) is 13.8 Å². The van der Waals surface area contributed by atoms with E-state index in [4.69, 9.17) is 9.84 Å². The van der Waals surface area contributed by atoms with Gasteiger partial charge >= 0.3 is 0 Å². The second-order valence-electron chi connectivity index (χ2n) is 3.66. The highest BCUT2D eigenvalue weighted by atomic mass is 32.2. The molecule has 0 saturated heterocycles. The third-order valence-corrected chi connectivity index (χ3v) is 3.98. The number of hydrogen-bond donors (Lipinski definition) is 1. The molecule has 0 spiro atoms. The van der Waals surface area contributed by atoms with Crippen LogP contribution in [0.25, 0.3) is 0 Å². The van der Waals surface area contributed by atoms with E-state index < -0.39 is 16.4 Å². The minimum absolute atomic E-state index is 0.154. The van der Waals surface area contributed by atoms with E-state index in [-0.39, 0.29) is 10.6 Å². The summed E-state index contributed by atoms with van der Waals surface area (Å²) in [6.07, 6.45) is 0. The third kappa shape index (κ3) is 2.54. The van der Waals surface area contributed by atoms with Gasteiger partial charge in [0, 0.05) is 0 Å². The first-order valence-electron chi connectivity index (χ1n) is 4.91. The van der Waals surface area contributed by atoms with Gasteiger partial charge in [0.15, 0.2) is 9.84 Å².